The van der Waals surface area contributed by atoms with Gasteiger partial charge in [-0.05, 0) is 20.3 Å². The lowest BCUT2D eigenvalue weighted by molar-refractivity contribution is -0.935. The third-order valence-corrected chi connectivity index (χ3v) is 3.18. The lowest BCUT2D eigenvalue weighted by Crippen LogP contribution is -2.48. The Labute approximate surface area is 123 Å². The van der Waals surface area contributed by atoms with E-state index in [1.165, 1.54) is 62.2 Å². The normalized spacial score (nSPS) is 15.1. The summed E-state index contributed by atoms with van der Waals surface area (Å²) in [6, 6.07) is 0. The molecule has 0 aromatic rings. The van der Waals surface area contributed by atoms with Crippen LogP contribution < -0.4 is 11.5 Å². The summed E-state index contributed by atoms with van der Waals surface area (Å²) < 4.78 is 7.03. The van der Waals surface area contributed by atoms with Crippen molar-refractivity contribution in [1.29, 1.82) is 10.5 Å². The SMILES string of the molecule is CCCC[N+]1(COC(C)C)CCCC1.N#CN.N#CN. The Morgan fingerprint density at radius 1 is 1.15 bits per heavy atom. The molecule has 0 radical (unpaired) electrons. The number of ether oxygens (including phenoxy) is 1. The predicted molar refractivity (Wildman–Crippen MR) is 79.7 cm³/mol. The summed E-state index contributed by atoms with van der Waals surface area (Å²) >= 11 is 0. The summed E-state index contributed by atoms with van der Waals surface area (Å²) in [6.07, 6.45) is 8.33. The minimum absolute atomic E-state index is 0.382. The molecule has 20 heavy (non-hydrogen) atoms. The van der Waals surface area contributed by atoms with Gasteiger partial charge in [-0.15, -0.1) is 0 Å². The van der Waals surface area contributed by atoms with Crippen LogP contribution in [0.5, 0.6) is 0 Å². The van der Waals surface area contributed by atoms with Crippen molar-refractivity contribution in [1.82, 2.24) is 0 Å². The van der Waals surface area contributed by atoms with Crippen LogP contribution >= 0.6 is 0 Å². The van der Waals surface area contributed by atoms with E-state index in [1.807, 2.05) is 0 Å². The average molecular weight is 284 g/mol. The molecule has 0 atom stereocenters. The highest BCUT2D eigenvalue weighted by atomic mass is 16.5. The van der Waals surface area contributed by atoms with Gasteiger partial charge in [0.25, 0.3) is 0 Å². The fourth-order valence-corrected chi connectivity index (χ4v) is 2.22. The first-order valence-corrected chi connectivity index (χ1v) is 7.18. The summed E-state index contributed by atoms with van der Waals surface area (Å²) in [5.74, 6) is 0. The molecule has 0 aromatic heterocycles. The zero-order chi connectivity index (χ0) is 15.9. The highest BCUT2D eigenvalue weighted by Gasteiger charge is 2.31. The van der Waals surface area contributed by atoms with Gasteiger partial charge in [0, 0.05) is 12.8 Å². The molecule has 4 N–H and O–H groups in total. The van der Waals surface area contributed by atoms with Gasteiger partial charge in [0.2, 0.25) is 0 Å². The van der Waals surface area contributed by atoms with Gasteiger partial charge in [-0.25, -0.2) is 0 Å². The number of hydrogen-bond acceptors (Lipinski definition) is 5. The Kier molecular flexibility index (Phi) is 14.5. The number of likely N-dealkylation sites (tertiary alicyclic amines) is 1. The minimum atomic E-state index is 0.382. The zero-order valence-corrected chi connectivity index (χ0v) is 13.1. The first-order valence-electron chi connectivity index (χ1n) is 7.18. The van der Waals surface area contributed by atoms with E-state index in [2.05, 4.69) is 32.2 Å². The molecule has 1 rings (SSSR count). The van der Waals surface area contributed by atoms with Gasteiger partial charge >= 0.3 is 0 Å². The first-order chi connectivity index (χ1) is 9.51. The van der Waals surface area contributed by atoms with Crippen LogP contribution in [0.25, 0.3) is 0 Å². The van der Waals surface area contributed by atoms with Gasteiger partial charge in [0.1, 0.15) is 0 Å². The molecular formula is C14H30N5O+. The summed E-state index contributed by atoms with van der Waals surface area (Å²) in [7, 11) is 0. The number of nitrogens with zero attached hydrogens (tertiary/aromatic N) is 3. The zero-order valence-electron chi connectivity index (χ0n) is 13.1. The van der Waals surface area contributed by atoms with Crippen molar-refractivity contribution in [3.8, 4) is 12.4 Å². The van der Waals surface area contributed by atoms with Gasteiger partial charge < -0.3 is 20.7 Å². The smallest absolute Gasteiger partial charge is 0.183 e. The van der Waals surface area contributed by atoms with Crippen molar-refractivity contribution in [2.24, 2.45) is 11.5 Å². The maximum absolute atomic E-state index is 7.10. The van der Waals surface area contributed by atoms with E-state index in [-0.39, 0.29) is 0 Å². The molecule has 0 spiro atoms. The highest BCUT2D eigenvalue weighted by molar-refractivity contribution is 4.53. The van der Waals surface area contributed by atoms with Crippen LogP contribution in [0, 0.1) is 22.9 Å². The van der Waals surface area contributed by atoms with Crippen LogP contribution in [0.4, 0.5) is 0 Å². The monoisotopic (exact) mass is 284 g/mol. The molecule has 1 heterocycles. The predicted octanol–water partition coefficient (Wildman–Crippen LogP) is 1.63. The van der Waals surface area contributed by atoms with Gasteiger partial charge in [-0.3, -0.25) is 0 Å². The maximum atomic E-state index is 7.10. The van der Waals surface area contributed by atoms with Crippen LogP contribution in [0.2, 0.25) is 0 Å². The molecule has 0 saturated carbocycles. The number of nitrogens with two attached hydrogens (primary N) is 2. The van der Waals surface area contributed by atoms with E-state index in [0.717, 1.165) is 6.73 Å². The molecule has 116 valence electrons. The molecular weight excluding hydrogens is 254 g/mol. The summed E-state index contributed by atoms with van der Waals surface area (Å²) in [5.41, 5.74) is 8.31. The third kappa shape index (κ3) is 11.6. The molecule has 0 bridgehead atoms. The summed E-state index contributed by atoms with van der Waals surface area (Å²) in [5, 5.41) is 14.2. The van der Waals surface area contributed by atoms with Crippen LogP contribution in [0.15, 0.2) is 0 Å². The molecule has 6 nitrogen and oxygen atoms in total. The number of rotatable bonds is 6. The Bertz CT molecular complexity index is 275. The molecule has 0 aromatic carbocycles. The van der Waals surface area contributed by atoms with Crippen LogP contribution in [0.1, 0.15) is 46.5 Å². The van der Waals surface area contributed by atoms with Crippen LogP contribution in [-0.4, -0.2) is 37.0 Å². The molecule has 0 unspecified atom stereocenters. The van der Waals surface area contributed by atoms with E-state index in [4.69, 9.17) is 15.3 Å². The fraction of sp³-hybridized carbons (Fsp3) is 0.857. The quantitative estimate of drug-likeness (QED) is 0.438. The van der Waals surface area contributed by atoms with Gasteiger partial charge in [-0.2, -0.15) is 10.5 Å². The lowest BCUT2D eigenvalue weighted by Gasteiger charge is -2.34. The molecule has 6 heteroatoms. The standard InChI is InChI=1S/C12H26NO.2CH2N2/c1-4-5-8-13(9-6-7-10-13)11-14-12(2)3;2*2-1-3/h12H,4-11H2,1-3H3;2*2H2/q+1;;. The fourth-order valence-electron chi connectivity index (χ4n) is 2.22. The minimum Gasteiger partial charge on any atom is -0.337 e. The van der Waals surface area contributed by atoms with Crippen LogP contribution in [-0.2, 0) is 4.74 Å². The number of hydrogen-bond donors (Lipinski definition) is 2. The Morgan fingerprint density at radius 2 is 1.60 bits per heavy atom. The summed E-state index contributed by atoms with van der Waals surface area (Å²) in [4.78, 5) is 0. The third-order valence-electron chi connectivity index (χ3n) is 3.18. The van der Waals surface area contributed by atoms with Gasteiger partial charge in [-0.1, -0.05) is 13.3 Å². The van der Waals surface area contributed by atoms with Gasteiger partial charge in [0.15, 0.2) is 19.1 Å². The van der Waals surface area contributed by atoms with Crippen molar-refractivity contribution in [2.45, 2.75) is 52.6 Å². The van der Waals surface area contributed by atoms with Crippen molar-refractivity contribution in [3.63, 3.8) is 0 Å². The topological polar surface area (TPSA) is 109 Å². The highest BCUT2D eigenvalue weighted by Crippen LogP contribution is 2.20. The lowest BCUT2D eigenvalue weighted by atomic mass is 10.3. The van der Waals surface area contributed by atoms with E-state index in [9.17, 15) is 0 Å². The summed E-state index contributed by atoms with van der Waals surface area (Å²) in [6.45, 7) is 11.5. The molecule has 1 aliphatic rings. The molecule has 1 aliphatic heterocycles. The van der Waals surface area contributed by atoms with E-state index in [1.54, 1.807) is 0 Å². The number of unbranched alkanes of at least 4 members (excludes halogenated alkanes) is 1. The van der Waals surface area contributed by atoms with Crippen molar-refractivity contribution in [2.75, 3.05) is 26.4 Å². The average Bonchev–Trinajstić information content (AvgIpc) is 2.85. The molecule has 0 amide bonds. The van der Waals surface area contributed by atoms with E-state index >= 15 is 0 Å². The van der Waals surface area contributed by atoms with Crippen LogP contribution in [0.3, 0.4) is 0 Å². The Balaban J connectivity index is 0. The Morgan fingerprint density at radius 3 is 1.95 bits per heavy atom. The number of nitriles is 2. The maximum Gasteiger partial charge on any atom is 0.183 e. The van der Waals surface area contributed by atoms with Crippen molar-refractivity contribution < 1.29 is 9.22 Å². The molecule has 1 fully saturated rings. The van der Waals surface area contributed by atoms with Crippen molar-refractivity contribution in [3.05, 3.63) is 0 Å². The Hall–Kier alpha value is -1.50. The van der Waals surface area contributed by atoms with Crippen molar-refractivity contribution >= 4 is 0 Å². The first kappa shape index (κ1) is 20.8. The second kappa shape index (κ2) is 13.9. The molecule has 1 saturated heterocycles. The van der Waals surface area contributed by atoms with E-state index < -0.39 is 0 Å². The molecule has 0 aliphatic carbocycles. The number of quaternary nitrogens is 1. The second-order valence-electron chi connectivity index (χ2n) is 5.18. The van der Waals surface area contributed by atoms with E-state index in [0.29, 0.717) is 6.10 Å². The van der Waals surface area contributed by atoms with Gasteiger partial charge in [0.05, 0.1) is 25.7 Å². The largest absolute Gasteiger partial charge is 0.337 e. The second-order valence-corrected chi connectivity index (χ2v) is 5.18.